The van der Waals surface area contributed by atoms with Gasteiger partial charge in [0.05, 0.1) is 11.1 Å². The van der Waals surface area contributed by atoms with Crippen LogP contribution < -0.4 is 0 Å². The number of pyridine rings is 1. The van der Waals surface area contributed by atoms with Crippen molar-refractivity contribution in [1.29, 1.82) is 5.26 Å². The molecular formula is C19H22N6O. The number of hydrogen-bond acceptors (Lipinski definition) is 5. The lowest BCUT2D eigenvalue weighted by molar-refractivity contribution is 0.0784. The summed E-state index contributed by atoms with van der Waals surface area (Å²) < 4.78 is 0. The van der Waals surface area contributed by atoms with Gasteiger partial charge in [-0.05, 0) is 30.7 Å². The van der Waals surface area contributed by atoms with Gasteiger partial charge < -0.3 is 4.90 Å². The Bertz CT molecular complexity index is 863. The molecule has 1 aliphatic heterocycles. The van der Waals surface area contributed by atoms with E-state index in [1.165, 1.54) is 25.2 Å². The second kappa shape index (κ2) is 6.52. The highest BCUT2D eigenvalue weighted by molar-refractivity contribution is 5.96. The van der Waals surface area contributed by atoms with Gasteiger partial charge in [-0.15, -0.1) is 0 Å². The second-order valence-corrected chi connectivity index (χ2v) is 7.58. The summed E-state index contributed by atoms with van der Waals surface area (Å²) in [6.45, 7) is 5.45. The molecule has 0 aromatic carbocycles. The number of H-pyrrole nitrogens is 1. The number of hydrogen-bond donors (Lipinski definition) is 1. The molecule has 0 bridgehead atoms. The van der Waals surface area contributed by atoms with Gasteiger partial charge in [-0.2, -0.15) is 10.4 Å². The number of nitriles is 1. The largest absolute Gasteiger partial charge is 0.338 e. The first-order valence-corrected chi connectivity index (χ1v) is 9.14. The van der Waals surface area contributed by atoms with E-state index in [0.717, 1.165) is 11.6 Å². The van der Waals surface area contributed by atoms with E-state index < -0.39 is 0 Å². The summed E-state index contributed by atoms with van der Waals surface area (Å²) in [4.78, 5) is 23.6. The van der Waals surface area contributed by atoms with Crippen LogP contribution in [0.1, 0.15) is 66.1 Å². The molecule has 0 spiro atoms. The minimum atomic E-state index is -0.119. The van der Waals surface area contributed by atoms with Crippen LogP contribution in [0.5, 0.6) is 0 Å². The van der Waals surface area contributed by atoms with E-state index in [9.17, 15) is 10.1 Å². The topological polar surface area (TPSA) is 98.6 Å². The minimum Gasteiger partial charge on any atom is -0.338 e. The number of carbonyl (C=O) groups is 1. The fourth-order valence-corrected chi connectivity index (χ4v) is 3.83. The molecule has 134 valence electrons. The summed E-state index contributed by atoms with van der Waals surface area (Å²) in [6, 6.07) is 3.68. The Morgan fingerprint density at radius 2 is 2.19 bits per heavy atom. The van der Waals surface area contributed by atoms with Gasteiger partial charge in [-0.25, -0.2) is 4.98 Å². The lowest BCUT2D eigenvalue weighted by Gasteiger charge is -2.16. The number of likely N-dealkylation sites (tertiary alicyclic amines) is 1. The van der Waals surface area contributed by atoms with Crippen LogP contribution in [0, 0.1) is 23.2 Å². The Kier molecular flexibility index (Phi) is 4.19. The van der Waals surface area contributed by atoms with Gasteiger partial charge in [-0.3, -0.25) is 14.9 Å². The fraction of sp³-hybridized carbons (Fsp3) is 0.526. The minimum absolute atomic E-state index is 0.119. The predicted molar refractivity (Wildman–Crippen MR) is 94.3 cm³/mol. The van der Waals surface area contributed by atoms with E-state index in [2.05, 4.69) is 40.1 Å². The van der Waals surface area contributed by atoms with Crippen LogP contribution in [0.2, 0.25) is 0 Å². The molecule has 1 N–H and O–H groups in total. The van der Waals surface area contributed by atoms with Gasteiger partial charge in [-0.1, -0.05) is 13.8 Å². The number of carbonyl (C=O) groups excluding carboxylic acids is 1. The van der Waals surface area contributed by atoms with Gasteiger partial charge in [0.15, 0.2) is 5.82 Å². The maximum absolute atomic E-state index is 13.0. The summed E-state index contributed by atoms with van der Waals surface area (Å²) in [5, 5.41) is 16.7. The van der Waals surface area contributed by atoms with E-state index in [4.69, 9.17) is 0 Å². The molecule has 2 aromatic rings. The number of nitrogens with one attached hydrogen (secondary N) is 1. The molecule has 1 saturated carbocycles. The Morgan fingerprint density at radius 1 is 1.38 bits per heavy atom. The van der Waals surface area contributed by atoms with Crippen LogP contribution in [-0.2, 0) is 0 Å². The predicted octanol–water partition coefficient (Wildman–Crippen LogP) is 2.46. The van der Waals surface area contributed by atoms with Crippen LogP contribution >= 0.6 is 0 Å². The van der Waals surface area contributed by atoms with E-state index in [1.54, 1.807) is 6.07 Å². The molecule has 2 aliphatic rings. The zero-order chi connectivity index (χ0) is 18.3. The smallest absolute Gasteiger partial charge is 0.256 e. The third-order valence-electron chi connectivity index (χ3n) is 5.44. The molecule has 3 heterocycles. The average Bonchev–Trinajstić information content (AvgIpc) is 3.21. The van der Waals surface area contributed by atoms with Gasteiger partial charge in [0.2, 0.25) is 0 Å². The van der Waals surface area contributed by atoms with Crippen molar-refractivity contribution in [2.24, 2.45) is 11.8 Å². The molecule has 1 amide bonds. The van der Waals surface area contributed by atoms with Crippen molar-refractivity contribution >= 4 is 5.91 Å². The molecule has 0 radical (unpaired) electrons. The van der Waals surface area contributed by atoms with E-state index >= 15 is 0 Å². The van der Waals surface area contributed by atoms with Crippen LogP contribution in [0.4, 0.5) is 0 Å². The van der Waals surface area contributed by atoms with Crippen molar-refractivity contribution in [2.75, 3.05) is 13.1 Å². The molecule has 2 aromatic heterocycles. The highest BCUT2D eigenvalue weighted by atomic mass is 16.2. The molecule has 26 heavy (non-hydrogen) atoms. The number of nitrogens with zero attached hydrogens (tertiary/aromatic N) is 5. The molecule has 7 heteroatoms. The standard InChI is InChI=1S/C19H22N6O/c1-11(2)17-22-18(24-23-17)16-10-25(9-15(16)12-3-4-12)19(26)14-8-21-6-5-13(14)7-20/h5-6,8,11-12,15-16H,3-4,9-10H2,1-2H3,(H,22,23,24)/t15-,16+/m1/s1. The molecular weight excluding hydrogens is 328 g/mol. The highest BCUT2D eigenvalue weighted by Gasteiger charge is 2.46. The number of amides is 1. The van der Waals surface area contributed by atoms with Crippen LogP contribution in [-0.4, -0.2) is 44.1 Å². The highest BCUT2D eigenvalue weighted by Crippen LogP contribution is 2.47. The Morgan fingerprint density at radius 3 is 2.85 bits per heavy atom. The first-order chi connectivity index (χ1) is 12.6. The van der Waals surface area contributed by atoms with Crippen molar-refractivity contribution < 1.29 is 4.79 Å². The van der Waals surface area contributed by atoms with Crippen LogP contribution in [0.15, 0.2) is 18.5 Å². The van der Waals surface area contributed by atoms with Crippen molar-refractivity contribution in [1.82, 2.24) is 25.1 Å². The summed E-state index contributed by atoms with van der Waals surface area (Å²) >= 11 is 0. The molecule has 7 nitrogen and oxygen atoms in total. The number of aromatic nitrogens is 4. The zero-order valence-corrected chi connectivity index (χ0v) is 15.0. The lowest BCUT2D eigenvalue weighted by atomic mass is 9.91. The third kappa shape index (κ3) is 2.96. The Balaban J connectivity index is 1.59. The number of aromatic amines is 1. The van der Waals surface area contributed by atoms with Crippen molar-refractivity contribution in [3.8, 4) is 6.07 Å². The first kappa shape index (κ1) is 16.7. The third-order valence-corrected chi connectivity index (χ3v) is 5.44. The second-order valence-electron chi connectivity index (χ2n) is 7.58. The van der Waals surface area contributed by atoms with Crippen LogP contribution in [0.25, 0.3) is 0 Å². The Hall–Kier alpha value is -2.75. The van der Waals surface area contributed by atoms with Crippen molar-refractivity contribution in [2.45, 2.75) is 38.5 Å². The molecule has 4 rings (SSSR count). The van der Waals surface area contributed by atoms with E-state index in [-0.39, 0.29) is 17.7 Å². The summed E-state index contributed by atoms with van der Waals surface area (Å²) in [7, 11) is 0. The normalized spacial score (nSPS) is 22.6. The van der Waals surface area contributed by atoms with Crippen molar-refractivity contribution in [3.05, 3.63) is 41.2 Å². The van der Waals surface area contributed by atoms with Gasteiger partial charge in [0.25, 0.3) is 5.91 Å². The molecule has 2 fully saturated rings. The lowest BCUT2D eigenvalue weighted by Crippen LogP contribution is -2.30. The molecule has 0 unspecified atom stereocenters. The quantitative estimate of drug-likeness (QED) is 0.913. The van der Waals surface area contributed by atoms with Crippen LogP contribution in [0.3, 0.4) is 0 Å². The monoisotopic (exact) mass is 350 g/mol. The summed E-state index contributed by atoms with van der Waals surface area (Å²) in [5.41, 5.74) is 0.754. The van der Waals surface area contributed by atoms with Gasteiger partial charge in [0, 0.05) is 37.3 Å². The first-order valence-electron chi connectivity index (χ1n) is 9.14. The van der Waals surface area contributed by atoms with Crippen molar-refractivity contribution in [3.63, 3.8) is 0 Å². The average molecular weight is 350 g/mol. The SMILES string of the molecule is CC(C)c1n[nH]c([C@H]2CN(C(=O)c3cnccc3C#N)C[C@@H]2C2CC2)n1. The van der Waals surface area contributed by atoms with E-state index in [0.29, 0.717) is 36.1 Å². The number of rotatable bonds is 4. The molecule has 1 aliphatic carbocycles. The Labute approximate surface area is 152 Å². The molecule has 2 atom stereocenters. The van der Waals surface area contributed by atoms with Gasteiger partial charge in [0.1, 0.15) is 11.9 Å². The van der Waals surface area contributed by atoms with Gasteiger partial charge >= 0.3 is 0 Å². The van der Waals surface area contributed by atoms with E-state index in [1.807, 2.05) is 4.90 Å². The summed E-state index contributed by atoms with van der Waals surface area (Å²) in [5.74, 6) is 3.07. The summed E-state index contributed by atoms with van der Waals surface area (Å²) in [6.07, 6.45) is 5.46. The molecule has 1 saturated heterocycles. The maximum Gasteiger partial charge on any atom is 0.256 e. The zero-order valence-electron chi connectivity index (χ0n) is 15.0. The fourth-order valence-electron chi connectivity index (χ4n) is 3.83. The maximum atomic E-state index is 13.0.